The van der Waals surface area contributed by atoms with E-state index in [1.54, 1.807) is 30.3 Å². The summed E-state index contributed by atoms with van der Waals surface area (Å²) in [6, 6.07) is 17.2. The minimum Gasteiger partial charge on any atom is -0.479 e. The van der Waals surface area contributed by atoms with Gasteiger partial charge in [0.1, 0.15) is 17.3 Å². The van der Waals surface area contributed by atoms with E-state index < -0.39 is 44.0 Å². The van der Waals surface area contributed by atoms with E-state index in [9.17, 15) is 28.0 Å². The number of hydrogen-bond donors (Lipinski definition) is 4. The van der Waals surface area contributed by atoms with Crippen molar-refractivity contribution < 1.29 is 46.9 Å². The highest BCUT2D eigenvalue weighted by atomic mass is 35.5. The first kappa shape index (κ1) is 30.0. The van der Waals surface area contributed by atoms with Crippen molar-refractivity contribution in [2.75, 3.05) is 6.54 Å². The van der Waals surface area contributed by atoms with Gasteiger partial charge in [-0.1, -0.05) is 53.2 Å². The van der Waals surface area contributed by atoms with Crippen molar-refractivity contribution in [1.82, 2.24) is 15.6 Å². The number of benzene rings is 3. The number of carboxylic acid groups (broad SMARTS) is 1. The molecule has 0 aliphatic heterocycles. The van der Waals surface area contributed by atoms with E-state index in [0.717, 1.165) is 5.01 Å². The van der Waals surface area contributed by atoms with Gasteiger partial charge in [-0.3, -0.25) is 14.7 Å². The number of hydrazine groups is 1. The molecule has 15 heteroatoms. The fourth-order valence-corrected chi connectivity index (χ4v) is 4.44. The Balaban J connectivity index is 1.57. The largest absolute Gasteiger partial charge is 0.479 e. The molecule has 3 aromatic carbocycles. The molecule has 0 fully saturated rings. The van der Waals surface area contributed by atoms with E-state index in [0.29, 0.717) is 16.1 Å². The maximum Gasteiger partial charge on any atom is 0.470 e. The molecule has 0 saturated heterocycles. The summed E-state index contributed by atoms with van der Waals surface area (Å²) in [5, 5.41) is 14.5. The molecule has 4 N–H and O–H groups in total. The molecule has 11 nitrogen and oxygen atoms in total. The van der Waals surface area contributed by atoms with E-state index >= 15 is 0 Å². The summed E-state index contributed by atoms with van der Waals surface area (Å²) < 4.78 is 49.1. The van der Waals surface area contributed by atoms with Crippen LogP contribution in [0, 0.1) is 11.6 Å². The first-order valence-electron chi connectivity index (χ1n) is 11.7. The van der Waals surface area contributed by atoms with Gasteiger partial charge in [0.05, 0.1) is 6.54 Å². The zero-order valence-electron chi connectivity index (χ0n) is 20.8. The number of nitrogens with zero attached hydrogens (tertiary/aromatic N) is 2. The molecule has 4 rings (SSSR count). The summed E-state index contributed by atoms with van der Waals surface area (Å²) in [6.07, 6.45) is -2.06. The van der Waals surface area contributed by atoms with Crippen molar-refractivity contribution in [3.8, 4) is 22.4 Å². The number of rotatable bonds is 11. The fraction of sp³-hybridized carbons (Fsp3) is 0.115. The summed E-state index contributed by atoms with van der Waals surface area (Å²) >= 11 is 5.97. The predicted molar refractivity (Wildman–Crippen MR) is 141 cm³/mol. The molecule has 0 aliphatic rings. The van der Waals surface area contributed by atoms with E-state index in [1.165, 1.54) is 42.5 Å². The summed E-state index contributed by atoms with van der Waals surface area (Å²) in [5.74, 6) is -4.09. The molecule has 1 aromatic heterocycles. The van der Waals surface area contributed by atoms with Crippen LogP contribution in [0.25, 0.3) is 22.4 Å². The molecular formula is C26H21ClF2N3O8P. The molecule has 0 spiro atoms. The zero-order chi connectivity index (χ0) is 29.7. The van der Waals surface area contributed by atoms with Gasteiger partial charge in [-0.05, 0) is 41.5 Å². The monoisotopic (exact) mass is 607 g/mol. The van der Waals surface area contributed by atoms with Crippen LogP contribution in [0.4, 0.5) is 8.78 Å². The molecule has 1 amide bonds. The molecule has 1 unspecified atom stereocenters. The highest BCUT2D eigenvalue weighted by Crippen LogP contribution is 2.38. The third kappa shape index (κ3) is 8.04. The van der Waals surface area contributed by atoms with Gasteiger partial charge >= 0.3 is 19.7 Å². The third-order valence-corrected chi connectivity index (χ3v) is 6.40. The molecule has 0 aliphatic carbocycles. The summed E-state index contributed by atoms with van der Waals surface area (Å²) in [6.45, 7) is -0.905. The minimum atomic E-state index is -5.22. The van der Waals surface area contributed by atoms with Gasteiger partial charge in [0.2, 0.25) is 5.76 Å². The van der Waals surface area contributed by atoms with Crippen LogP contribution >= 0.6 is 19.4 Å². The smallest absolute Gasteiger partial charge is 0.470 e. The van der Waals surface area contributed by atoms with Crippen LogP contribution in [0.15, 0.2) is 77.3 Å². The zero-order valence-corrected chi connectivity index (χ0v) is 22.4. The number of hydrogen-bond acceptors (Lipinski definition) is 7. The number of amides is 1. The molecule has 1 heterocycles. The Morgan fingerprint density at radius 2 is 1.71 bits per heavy atom. The molecule has 0 bridgehead atoms. The second kappa shape index (κ2) is 12.7. The lowest BCUT2D eigenvalue weighted by atomic mass is 10.0. The second-order valence-electron chi connectivity index (χ2n) is 8.62. The number of carbonyl (C=O) groups excluding carboxylic acids is 1. The Kier molecular flexibility index (Phi) is 9.28. The standard InChI is InChI=1S/C26H21ClF2N3O8P/c27-17-9-10-21(29)19(11-17)16-7-5-15(6-8-16)13-32(14-24(26(34)35)40-41(36,37)38)30-25(33)23-12-22(31-39-23)18-3-1-2-4-20(18)28/h1-12,24H,13-14H2,(H,30,33)(H,34,35)(H2,36,37,38). The Bertz CT molecular complexity index is 1610. The predicted octanol–water partition coefficient (Wildman–Crippen LogP) is 4.65. The molecular weight excluding hydrogens is 587 g/mol. The van der Waals surface area contributed by atoms with Crippen LogP contribution < -0.4 is 5.43 Å². The average molecular weight is 608 g/mol. The Morgan fingerprint density at radius 1 is 1.02 bits per heavy atom. The molecule has 0 saturated carbocycles. The third-order valence-electron chi connectivity index (χ3n) is 5.64. The van der Waals surface area contributed by atoms with E-state index in [1.807, 2.05) is 0 Å². The Labute approximate surface area is 236 Å². The normalized spacial score (nSPS) is 12.3. The van der Waals surface area contributed by atoms with E-state index in [2.05, 4.69) is 15.1 Å². The van der Waals surface area contributed by atoms with Gasteiger partial charge in [-0.2, -0.15) is 0 Å². The highest BCUT2D eigenvalue weighted by molar-refractivity contribution is 7.46. The number of nitrogens with one attached hydrogen (secondary N) is 1. The lowest BCUT2D eigenvalue weighted by molar-refractivity contribution is -0.147. The van der Waals surface area contributed by atoms with Crippen LogP contribution in [-0.2, 0) is 20.4 Å². The van der Waals surface area contributed by atoms with Crippen molar-refractivity contribution in [1.29, 1.82) is 0 Å². The number of carboxylic acids is 1. The van der Waals surface area contributed by atoms with Gasteiger partial charge in [0.15, 0.2) is 6.10 Å². The number of aliphatic carboxylic acids is 1. The first-order chi connectivity index (χ1) is 19.4. The number of halogens is 3. The number of phosphoric acid groups is 1. The first-order valence-corrected chi connectivity index (χ1v) is 13.6. The number of aromatic nitrogens is 1. The van der Waals surface area contributed by atoms with Crippen molar-refractivity contribution in [2.24, 2.45) is 0 Å². The van der Waals surface area contributed by atoms with Crippen LogP contribution in [-0.4, -0.2) is 49.6 Å². The maximum absolute atomic E-state index is 14.3. The van der Waals surface area contributed by atoms with Crippen LogP contribution in [0.1, 0.15) is 16.1 Å². The van der Waals surface area contributed by atoms with Crippen molar-refractivity contribution >= 4 is 31.3 Å². The van der Waals surface area contributed by atoms with E-state index in [4.69, 9.17) is 25.9 Å². The Hall–Kier alpha value is -3.97. The lowest BCUT2D eigenvalue weighted by Gasteiger charge is -2.26. The molecule has 214 valence electrons. The van der Waals surface area contributed by atoms with Crippen molar-refractivity contribution in [3.05, 3.63) is 101 Å². The summed E-state index contributed by atoms with van der Waals surface area (Å²) in [4.78, 5) is 42.9. The highest BCUT2D eigenvalue weighted by Gasteiger charge is 2.31. The molecule has 4 aromatic rings. The fourth-order valence-electron chi connectivity index (χ4n) is 3.78. The maximum atomic E-state index is 14.3. The number of carbonyl (C=O) groups is 2. The van der Waals surface area contributed by atoms with Crippen LogP contribution in [0.2, 0.25) is 5.02 Å². The van der Waals surface area contributed by atoms with Gasteiger partial charge < -0.3 is 19.4 Å². The minimum absolute atomic E-state index is 0.0249. The Morgan fingerprint density at radius 3 is 2.37 bits per heavy atom. The molecule has 0 radical (unpaired) electrons. The topological polar surface area (TPSA) is 162 Å². The van der Waals surface area contributed by atoms with Crippen molar-refractivity contribution in [3.63, 3.8) is 0 Å². The van der Waals surface area contributed by atoms with Gasteiger partial charge in [0, 0.05) is 28.8 Å². The van der Waals surface area contributed by atoms with E-state index in [-0.39, 0.29) is 29.1 Å². The summed E-state index contributed by atoms with van der Waals surface area (Å²) in [5.41, 5.74) is 3.70. The van der Waals surface area contributed by atoms with Crippen LogP contribution in [0.5, 0.6) is 0 Å². The van der Waals surface area contributed by atoms with Gasteiger partial charge in [-0.25, -0.2) is 23.1 Å². The SMILES string of the molecule is O=C(NN(Cc1ccc(-c2cc(Cl)ccc2F)cc1)CC(OP(=O)(O)O)C(=O)O)c1cc(-c2ccccc2F)no1. The van der Waals surface area contributed by atoms with Gasteiger partial charge in [-0.15, -0.1) is 0 Å². The number of phosphoric ester groups is 1. The van der Waals surface area contributed by atoms with Gasteiger partial charge in [0.25, 0.3) is 0 Å². The average Bonchev–Trinajstić information content (AvgIpc) is 3.40. The molecule has 1 atom stereocenters. The summed E-state index contributed by atoms with van der Waals surface area (Å²) in [7, 11) is -5.22. The molecule has 41 heavy (non-hydrogen) atoms. The lowest BCUT2D eigenvalue weighted by Crippen LogP contribution is -2.47. The van der Waals surface area contributed by atoms with Crippen molar-refractivity contribution in [2.45, 2.75) is 12.6 Å². The quantitative estimate of drug-likeness (QED) is 0.139. The second-order valence-corrected chi connectivity index (χ2v) is 10.3. The van der Waals surface area contributed by atoms with Crippen LogP contribution in [0.3, 0.4) is 0 Å².